The highest BCUT2D eigenvalue weighted by atomic mass is 19.4. The summed E-state index contributed by atoms with van der Waals surface area (Å²) in [5.74, 6) is -3.77. The Morgan fingerprint density at radius 3 is 2.47 bits per heavy atom. The Bertz CT molecular complexity index is 1230. The number of nitrogens with one attached hydrogen (secondary N) is 2. The minimum Gasteiger partial charge on any atom is -0.406 e. The first kappa shape index (κ1) is 26.4. The van der Waals surface area contributed by atoms with Gasteiger partial charge >= 0.3 is 6.36 Å². The summed E-state index contributed by atoms with van der Waals surface area (Å²) in [4.78, 5) is 63.1. The number of ether oxygens (including phenoxy) is 1. The molecule has 2 aliphatic heterocycles. The lowest BCUT2D eigenvalue weighted by atomic mass is 9.89. The SMILES string of the molecule is C=C/C(=C\C=C(/C)C(=O)NCc1ccc2c(c1)C(=O)N([C@@]1(C)CCC(=O)NC1=O)C2=O)OC(F)(F)F. The number of piperidine rings is 1. The largest absolute Gasteiger partial charge is 0.573 e. The molecule has 0 spiro atoms. The Labute approximate surface area is 203 Å². The topological polar surface area (TPSA) is 122 Å². The van der Waals surface area contributed by atoms with Crippen LogP contribution in [0.4, 0.5) is 13.2 Å². The minimum absolute atomic E-state index is 0.00626. The Morgan fingerprint density at radius 1 is 1.19 bits per heavy atom. The van der Waals surface area contributed by atoms with Crippen LogP contribution >= 0.6 is 0 Å². The maximum Gasteiger partial charge on any atom is 0.573 e. The fourth-order valence-corrected chi connectivity index (χ4v) is 3.74. The van der Waals surface area contributed by atoms with Gasteiger partial charge in [-0.25, -0.2) is 0 Å². The number of amides is 5. The van der Waals surface area contributed by atoms with Crippen LogP contribution in [-0.4, -0.2) is 46.3 Å². The van der Waals surface area contributed by atoms with Crippen molar-refractivity contribution in [1.29, 1.82) is 0 Å². The van der Waals surface area contributed by atoms with E-state index in [9.17, 15) is 37.1 Å². The number of carbonyl (C=O) groups is 5. The van der Waals surface area contributed by atoms with E-state index in [4.69, 9.17) is 0 Å². The van der Waals surface area contributed by atoms with Crippen molar-refractivity contribution in [2.24, 2.45) is 0 Å². The lowest BCUT2D eigenvalue weighted by Crippen LogP contribution is -2.62. The van der Waals surface area contributed by atoms with Crippen LogP contribution in [-0.2, 0) is 25.7 Å². The molecule has 2 heterocycles. The average molecular weight is 505 g/mol. The van der Waals surface area contributed by atoms with Crippen LogP contribution in [0.3, 0.4) is 0 Å². The minimum atomic E-state index is -4.90. The molecule has 0 aromatic heterocycles. The molecule has 2 N–H and O–H groups in total. The molecular formula is C24H22F3N3O6. The molecule has 1 saturated heterocycles. The summed E-state index contributed by atoms with van der Waals surface area (Å²) < 4.78 is 40.7. The smallest absolute Gasteiger partial charge is 0.406 e. The lowest BCUT2D eigenvalue weighted by molar-refractivity contribution is -0.303. The molecule has 1 aromatic carbocycles. The molecule has 9 nitrogen and oxygen atoms in total. The number of carbonyl (C=O) groups excluding carboxylic acids is 5. The van der Waals surface area contributed by atoms with E-state index in [1.807, 2.05) is 0 Å². The normalized spacial score (nSPS) is 20.8. The van der Waals surface area contributed by atoms with Crippen LogP contribution in [0.25, 0.3) is 0 Å². The number of alkyl halides is 3. The highest BCUT2D eigenvalue weighted by molar-refractivity contribution is 6.24. The van der Waals surface area contributed by atoms with Gasteiger partial charge in [-0.15, -0.1) is 13.2 Å². The molecule has 2 aliphatic rings. The van der Waals surface area contributed by atoms with E-state index in [1.54, 1.807) is 0 Å². The van der Waals surface area contributed by atoms with Gasteiger partial charge in [0.15, 0.2) is 0 Å². The quantitative estimate of drug-likeness (QED) is 0.254. The third-order valence-corrected chi connectivity index (χ3v) is 5.77. The predicted molar refractivity (Wildman–Crippen MR) is 119 cm³/mol. The Balaban J connectivity index is 1.71. The number of rotatable bonds is 7. The molecule has 0 aliphatic carbocycles. The number of fused-ring (bicyclic) bond motifs is 1. The second-order valence-corrected chi connectivity index (χ2v) is 8.33. The van der Waals surface area contributed by atoms with Gasteiger partial charge in [-0.2, -0.15) is 0 Å². The molecule has 190 valence electrons. The molecule has 0 radical (unpaired) electrons. The number of imide groups is 2. The zero-order valence-corrected chi connectivity index (χ0v) is 19.3. The van der Waals surface area contributed by atoms with Crippen LogP contribution < -0.4 is 10.6 Å². The third kappa shape index (κ3) is 5.37. The van der Waals surface area contributed by atoms with Gasteiger partial charge in [0, 0.05) is 18.5 Å². The molecule has 5 amide bonds. The zero-order valence-electron chi connectivity index (χ0n) is 19.3. The number of allylic oxidation sites excluding steroid dienone is 3. The van der Waals surface area contributed by atoms with Gasteiger partial charge < -0.3 is 10.1 Å². The fourth-order valence-electron chi connectivity index (χ4n) is 3.74. The van der Waals surface area contributed by atoms with Crippen molar-refractivity contribution < 1.29 is 41.9 Å². The summed E-state index contributed by atoms with van der Waals surface area (Å²) in [7, 11) is 0. The molecule has 36 heavy (non-hydrogen) atoms. The first-order chi connectivity index (χ1) is 16.8. The Morgan fingerprint density at radius 2 is 1.86 bits per heavy atom. The van der Waals surface area contributed by atoms with E-state index in [-0.39, 0.29) is 36.1 Å². The lowest BCUT2D eigenvalue weighted by Gasteiger charge is -2.38. The van der Waals surface area contributed by atoms with E-state index in [0.717, 1.165) is 23.1 Å². The molecule has 1 aromatic rings. The highest BCUT2D eigenvalue weighted by Gasteiger charge is 2.52. The van der Waals surface area contributed by atoms with E-state index in [0.29, 0.717) is 5.56 Å². The number of nitrogens with zero attached hydrogens (tertiary/aromatic N) is 1. The number of benzene rings is 1. The van der Waals surface area contributed by atoms with Crippen molar-refractivity contribution >= 4 is 29.5 Å². The predicted octanol–water partition coefficient (Wildman–Crippen LogP) is 2.65. The Kier molecular flexibility index (Phi) is 7.18. The van der Waals surface area contributed by atoms with Crippen molar-refractivity contribution in [1.82, 2.24) is 15.5 Å². The van der Waals surface area contributed by atoms with E-state index in [1.165, 1.54) is 32.0 Å². The van der Waals surface area contributed by atoms with Crippen LogP contribution in [0.5, 0.6) is 0 Å². The first-order valence-corrected chi connectivity index (χ1v) is 10.7. The maximum absolute atomic E-state index is 13.1. The standard InChI is InChI=1S/C24H22F3N3O6/c1-4-15(36-24(25,26)27)7-5-13(2)19(32)28-12-14-6-8-16-17(11-14)21(34)30(20(16)33)23(3)10-9-18(31)29-22(23)35/h4-8,11H,1,9-10,12H2,2-3H3,(H,28,32)(H,29,31,35)/b13-5+,15-7+/t23-/m0/s1. The molecule has 3 rings (SSSR count). The molecule has 0 saturated carbocycles. The van der Waals surface area contributed by atoms with Gasteiger partial charge in [-0.05, 0) is 50.1 Å². The van der Waals surface area contributed by atoms with E-state index in [2.05, 4.69) is 21.9 Å². The van der Waals surface area contributed by atoms with Crippen molar-refractivity contribution in [3.05, 3.63) is 71.0 Å². The molecule has 12 heteroatoms. The van der Waals surface area contributed by atoms with Crippen LogP contribution in [0.15, 0.2) is 54.3 Å². The van der Waals surface area contributed by atoms with Gasteiger partial charge in [0.25, 0.3) is 17.7 Å². The van der Waals surface area contributed by atoms with Gasteiger partial charge in [0.2, 0.25) is 11.8 Å². The zero-order chi connectivity index (χ0) is 26.8. The van der Waals surface area contributed by atoms with Crippen molar-refractivity contribution in [2.45, 2.75) is 45.1 Å². The van der Waals surface area contributed by atoms with Crippen molar-refractivity contribution in [3.63, 3.8) is 0 Å². The van der Waals surface area contributed by atoms with Crippen LogP contribution in [0, 0.1) is 0 Å². The van der Waals surface area contributed by atoms with Gasteiger partial charge in [0.05, 0.1) is 11.1 Å². The van der Waals surface area contributed by atoms with E-state index >= 15 is 0 Å². The summed E-state index contributed by atoms with van der Waals surface area (Å²) in [6.07, 6.45) is -2.02. The van der Waals surface area contributed by atoms with Crippen LogP contribution in [0.2, 0.25) is 0 Å². The van der Waals surface area contributed by atoms with Gasteiger partial charge in [-0.3, -0.25) is 34.2 Å². The van der Waals surface area contributed by atoms with Crippen molar-refractivity contribution in [2.75, 3.05) is 0 Å². The van der Waals surface area contributed by atoms with Crippen molar-refractivity contribution in [3.8, 4) is 0 Å². The molecule has 0 unspecified atom stereocenters. The van der Waals surface area contributed by atoms with Crippen LogP contribution in [0.1, 0.15) is 53.0 Å². The van der Waals surface area contributed by atoms with E-state index < -0.39 is 47.2 Å². The monoisotopic (exact) mass is 505 g/mol. The summed E-state index contributed by atoms with van der Waals surface area (Å²) >= 11 is 0. The first-order valence-electron chi connectivity index (χ1n) is 10.7. The molecule has 1 atom stereocenters. The third-order valence-electron chi connectivity index (χ3n) is 5.77. The average Bonchev–Trinajstić information content (AvgIpc) is 3.06. The second kappa shape index (κ2) is 9.80. The maximum atomic E-state index is 13.1. The number of hydrogen-bond donors (Lipinski definition) is 2. The molecular weight excluding hydrogens is 483 g/mol. The summed E-state index contributed by atoms with van der Waals surface area (Å²) in [6.45, 7) is 5.96. The molecule has 1 fully saturated rings. The second-order valence-electron chi connectivity index (χ2n) is 8.33. The fraction of sp³-hybridized carbons (Fsp3) is 0.292. The summed E-state index contributed by atoms with van der Waals surface area (Å²) in [5.41, 5.74) is -0.847. The Hall–Kier alpha value is -4.22. The molecule has 0 bridgehead atoms. The highest BCUT2D eigenvalue weighted by Crippen LogP contribution is 2.34. The summed E-state index contributed by atoms with van der Waals surface area (Å²) in [5, 5.41) is 4.71. The number of halogens is 3. The van der Waals surface area contributed by atoms with Gasteiger partial charge in [-0.1, -0.05) is 18.7 Å². The summed E-state index contributed by atoms with van der Waals surface area (Å²) in [6, 6.07) is 4.34. The van der Waals surface area contributed by atoms with Gasteiger partial charge in [0.1, 0.15) is 11.3 Å². The number of hydrogen-bond acceptors (Lipinski definition) is 6.